The molecule has 5 nitrogen and oxygen atoms in total. The summed E-state index contributed by atoms with van der Waals surface area (Å²) in [4.78, 5) is 10.1. The summed E-state index contributed by atoms with van der Waals surface area (Å²) >= 11 is 0. The molecule has 0 aliphatic rings. The number of nitrogens with zero attached hydrogens (tertiary/aromatic N) is 1. The second-order valence-corrected chi connectivity index (χ2v) is 4.07. The predicted octanol–water partition coefficient (Wildman–Crippen LogP) is 3.60. The minimum absolute atomic E-state index is 0. The number of halogens is 1. The van der Waals surface area contributed by atoms with Crippen LogP contribution in [0.15, 0.2) is 60.8 Å². The molecular formula is C15H14ClN3O2. The quantitative estimate of drug-likeness (QED) is 0.392. The molecule has 0 saturated heterocycles. The van der Waals surface area contributed by atoms with Gasteiger partial charge in [-0.25, -0.2) is 0 Å². The van der Waals surface area contributed by atoms with E-state index in [-0.39, 0.29) is 18.1 Å². The lowest BCUT2D eigenvalue weighted by molar-refractivity contribution is -0.384. The van der Waals surface area contributed by atoms with Crippen molar-refractivity contribution in [2.24, 2.45) is 0 Å². The molecule has 2 N–H and O–H groups in total. The third-order valence-corrected chi connectivity index (χ3v) is 2.67. The number of rotatable bonds is 4. The van der Waals surface area contributed by atoms with Crippen molar-refractivity contribution in [2.45, 2.75) is 0 Å². The molecule has 0 bridgehead atoms. The van der Waals surface area contributed by atoms with Crippen molar-refractivity contribution in [3.8, 4) is 0 Å². The van der Waals surface area contributed by atoms with Crippen LogP contribution in [-0.2, 0) is 0 Å². The minimum atomic E-state index is -0.434. The molecule has 0 radical (unpaired) electrons. The minimum Gasteiger partial charge on any atom is -0.347 e. The van der Waals surface area contributed by atoms with E-state index in [4.69, 9.17) is 5.41 Å². The zero-order valence-corrected chi connectivity index (χ0v) is 11.8. The molecule has 0 aliphatic carbocycles. The van der Waals surface area contributed by atoms with Crippen molar-refractivity contribution in [3.05, 3.63) is 82.0 Å². The van der Waals surface area contributed by atoms with E-state index in [0.29, 0.717) is 5.84 Å². The molecule has 0 unspecified atom stereocenters. The molecule has 0 atom stereocenters. The van der Waals surface area contributed by atoms with Gasteiger partial charge in [0.15, 0.2) is 0 Å². The second kappa shape index (κ2) is 7.81. The second-order valence-electron chi connectivity index (χ2n) is 4.07. The van der Waals surface area contributed by atoms with Gasteiger partial charge in [-0.2, -0.15) is 0 Å². The molecule has 0 saturated carbocycles. The van der Waals surface area contributed by atoms with Crippen LogP contribution in [0.3, 0.4) is 0 Å². The summed E-state index contributed by atoms with van der Waals surface area (Å²) in [7, 11) is 0. The van der Waals surface area contributed by atoms with E-state index in [1.807, 2.05) is 30.3 Å². The van der Waals surface area contributed by atoms with Gasteiger partial charge in [0.25, 0.3) is 5.69 Å². The van der Waals surface area contributed by atoms with Crippen molar-refractivity contribution < 1.29 is 4.92 Å². The molecule has 0 aromatic heterocycles. The van der Waals surface area contributed by atoms with E-state index < -0.39 is 4.92 Å². The van der Waals surface area contributed by atoms with E-state index in [1.54, 1.807) is 24.4 Å². The fourth-order valence-electron chi connectivity index (χ4n) is 1.62. The van der Waals surface area contributed by atoms with E-state index in [0.717, 1.165) is 11.1 Å². The highest BCUT2D eigenvalue weighted by Gasteiger charge is 2.02. The van der Waals surface area contributed by atoms with Gasteiger partial charge in [-0.15, -0.1) is 12.4 Å². The van der Waals surface area contributed by atoms with Gasteiger partial charge < -0.3 is 5.32 Å². The van der Waals surface area contributed by atoms with Gasteiger partial charge in [0, 0.05) is 23.9 Å². The Labute approximate surface area is 128 Å². The van der Waals surface area contributed by atoms with Gasteiger partial charge in [-0.05, 0) is 23.8 Å². The summed E-state index contributed by atoms with van der Waals surface area (Å²) in [6.07, 6.45) is 3.39. The molecular weight excluding hydrogens is 290 g/mol. The standard InChI is InChI=1S/C15H13N3O2.ClH/c16-15(13-4-2-1-3-5-13)17-11-10-12-6-8-14(9-7-12)18(19)20;/h1-11H,(H2,16,17);1H/b11-10+;. The van der Waals surface area contributed by atoms with Crippen molar-refractivity contribution in [2.75, 3.05) is 0 Å². The Hall–Kier alpha value is -2.66. The van der Waals surface area contributed by atoms with Crippen LogP contribution >= 0.6 is 12.4 Å². The molecule has 6 heteroatoms. The fourth-order valence-corrected chi connectivity index (χ4v) is 1.62. The summed E-state index contributed by atoms with van der Waals surface area (Å²) in [5.41, 5.74) is 1.68. The van der Waals surface area contributed by atoms with E-state index in [1.165, 1.54) is 12.1 Å². The van der Waals surface area contributed by atoms with Crippen LogP contribution in [0.1, 0.15) is 11.1 Å². The molecule has 0 heterocycles. The van der Waals surface area contributed by atoms with Crippen LogP contribution in [0.5, 0.6) is 0 Å². The zero-order valence-electron chi connectivity index (χ0n) is 11.0. The predicted molar refractivity (Wildman–Crippen MR) is 85.8 cm³/mol. The average molecular weight is 304 g/mol. The van der Waals surface area contributed by atoms with Crippen molar-refractivity contribution in [1.82, 2.24) is 5.32 Å². The van der Waals surface area contributed by atoms with Gasteiger partial charge >= 0.3 is 0 Å². The number of non-ortho nitro benzene ring substituents is 1. The summed E-state index contributed by atoms with van der Waals surface area (Å²) in [6.45, 7) is 0. The first-order valence-electron chi connectivity index (χ1n) is 5.98. The molecule has 0 spiro atoms. The highest BCUT2D eigenvalue weighted by atomic mass is 35.5. The highest BCUT2D eigenvalue weighted by Crippen LogP contribution is 2.12. The third-order valence-electron chi connectivity index (χ3n) is 2.67. The number of benzene rings is 2. The van der Waals surface area contributed by atoms with Crippen LogP contribution in [0.25, 0.3) is 6.08 Å². The van der Waals surface area contributed by atoms with Crippen molar-refractivity contribution in [1.29, 1.82) is 5.41 Å². The van der Waals surface area contributed by atoms with Gasteiger partial charge in [0.2, 0.25) is 0 Å². The Balaban J connectivity index is 0.00000220. The SMILES string of the molecule is Cl.N=C(N/C=C/c1ccc([N+](=O)[O-])cc1)c1ccccc1. The lowest BCUT2D eigenvalue weighted by Gasteiger charge is -2.02. The molecule has 0 amide bonds. The Bertz CT molecular complexity index is 640. The van der Waals surface area contributed by atoms with Crippen LogP contribution in [0.2, 0.25) is 0 Å². The number of nitrogens with one attached hydrogen (secondary N) is 2. The lowest BCUT2D eigenvalue weighted by Crippen LogP contribution is -2.16. The molecule has 2 rings (SSSR count). The maximum Gasteiger partial charge on any atom is 0.269 e. The molecule has 0 fully saturated rings. The van der Waals surface area contributed by atoms with E-state index in [9.17, 15) is 10.1 Å². The number of nitro benzene ring substituents is 1. The Morgan fingerprint density at radius 2 is 1.71 bits per heavy atom. The smallest absolute Gasteiger partial charge is 0.269 e. The zero-order chi connectivity index (χ0) is 14.4. The number of amidine groups is 1. The van der Waals surface area contributed by atoms with Crippen LogP contribution in [0.4, 0.5) is 5.69 Å². The third kappa shape index (κ3) is 4.74. The summed E-state index contributed by atoms with van der Waals surface area (Å²) in [5, 5.41) is 21.2. The van der Waals surface area contributed by atoms with Crippen LogP contribution in [-0.4, -0.2) is 10.8 Å². The van der Waals surface area contributed by atoms with E-state index >= 15 is 0 Å². The highest BCUT2D eigenvalue weighted by molar-refractivity contribution is 5.97. The van der Waals surface area contributed by atoms with Gasteiger partial charge in [0.05, 0.1) is 4.92 Å². The van der Waals surface area contributed by atoms with Crippen molar-refractivity contribution in [3.63, 3.8) is 0 Å². The Morgan fingerprint density at radius 3 is 2.29 bits per heavy atom. The molecule has 0 aliphatic heterocycles. The monoisotopic (exact) mass is 303 g/mol. The first-order chi connectivity index (χ1) is 9.66. The van der Waals surface area contributed by atoms with Crippen LogP contribution < -0.4 is 5.32 Å². The molecule has 21 heavy (non-hydrogen) atoms. The fraction of sp³-hybridized carbons (Fsp3) is 0. The molecule has 2 aromatic carbocycles. The van der Waals surface area contributed by atoms with Gasteiger partial charge in [-0.1, -0.05) is 30.3 Å². The maximum absolute atomic E-state index is 10.5. The Morgan fingerprint density at radius 1 is 1.10 bits per heavy atom. The maximum atomic E-state index is 10.5. The first-order valence-corrected chi connectivity index (χ1v) is 5.98. The number of nitro groups is 1. The van der Waals surface area contributed by atoms with Crippen molar-refractivity contribution >= 4 is 30.0 Å². The molecule has 2 aromatic rings. The van der Waals surface area contributed by atoms with Gasteiger partial charge in [-0.3, -0.25) is 15.5 Å². The summed E-state index contributed by atoms with van der Waals surface area (Å²) < 4.78 is 0. The topological polar surface area (TPSA) is 79.0 Å². The summed E-state index contributed by atoms with van der Waals surface area (Å²) in [6, 6.07) is 15.5. The van der Waals surface area contributed by atoms with E-state index in [2.05, 4.69) is 5.32 Å². The first kappa shape index (κ1) is 16.4. The number of hydrogen-bond acceptors (Lipinski definition) is 3. The average Bonchev–Trinajstić information content (AvgIpc) is 2.48. The lowest BCUT2D eigenvalue weighted by atomic mass is 10.2. The Kier molecular flexibility index (Phi) is 6.10. The molecule has 108 valence electrons. The normalized spacial score (nSPS) is 9.90. The van der Waals surface area contributed by atoms with Gasteiger partial charge in [0.1, 0.15) is 5.84 Å². The summed E-state index contributed by atoms with van der Waals surface area (Å²) in [5.74, 6) is 0.295. The van der Waals surface area contributed by atoms with Crippen LogP contribution in [0, 0.1) is 15.5 Å². The largest absolute Gasteiger partial charge is 0.347 e. The number of hydrogen-bond donors (Lipinski definition) is 2.